The predicted octanol–water partition coefficient (Wildman–Crippen LogP) is 3.77. The Kier molecular flexibility index (Phi) is 7.56. The van der Waals surface area contributed by atoms with E-state index in [1.54, 1.807) is 36.4 Å². The zero-order valence-corrected chi connectivity index (χ0v) is 16.0. The van der Waals surface area contributed by atoms with Gasteiger partial charge in [0.25, 0.3) is 5.91 Å². The van der Waals surface area contributed by atoms with Gasteiger partial charge in [-0.15, -0.1) is 0 Å². The smallest absolute Gasteiger partial charge is 0.412 e. The molecule has 2 rings (SSSR count). The molecule has 2 amide bonds. The standard InChI is InChI=1S/C19H16BrN3O5/c20-13-6-9-16(24)15(10-13)17(2-1-3-18(25)23-27)28-19(26)22-14-7-4-12(11-21)5-8-14/h1,3-10,17,24,27H,2H2,(H,22,26)(H,23,25)/b3-1+/t17-/m1/s1. The van der Waals surface area contributed by atoms with Gasteiger partial charge in [-0.05, 0) is 42.5 Å². The van der Waals surface area contributed by atoms with E-state index in [-0.39, 0.29) is 12.2 Å². The molecule has 4 N–H and O–H groups in total. The predicted molar refractivity (Wildman–Crippen MR) is 103 cm³/mol. The Hall–Kier alpha value is -3.35. The van der Waals surface area contributed by atoms with E-state index in [9.17, 15) is 14.7 Å². The van der Waals surface area contributed by atoms with Crippen molar-refractivity contribution in [2.24, 2.45) is 0 Å². The van der Waals surface area contributed by atoms with E-state index in [1.807, 2.05) is 6.07 Å². The lowest BCUT2D eigenvalue weighted by molar-refractivity contribution is -0.124. The first kappa shape index (κ1) is 21.0. The number of nitrogens with zero attached hydrogens (tertiary/aromatic N) is 1. The van der Waals surface area contributed by atoms with Crippen molar-refractivity contribution < 1.29 is 24.6 Å². The Bertz CT molecular complexity index is 922. The van der Waals surface area contributed by atoms with Crippen LogP contribution < -0.4 is 10.8 Å². The van der Waals surface area contributed by atoms with Gasteiger partial charge in [0.1, 0.15) is 11.9 Å². The number of benzene rings is 2. The van der Waals surface area contributed by atoms with Crippen molar-refractivity contribution >= 4 is 33.6 Å². The molecule has 0 saturated carbocycles. The number of hydrogen-bond acceptors (Lipinski definition) is 6. The monoisotopic (exact) mass is 445 g/mol. The molecule has 0 aliphatic carbocycles. The van der Waals surface area contributed by atoms with Crippen LogP contribution in [-0.4, -0.2) is 22.3 Å². The Morgan fingerprint density at radius 3 is 2.61 bits per heavy atom. The second-order valence-electron chi connectivity index (χ2n) is 5.53. The first-order chi connectivity index (χ1) is 13.4. The number of phenols is 1. The highest BCUT2D eigenvalue weighted by molar-refractivity contribution is 9.10. The molecule has 0 unspecified atom stereocenters. The number of ether oxygens (including phenoxy) is 1. The van der Waals surface area contributed by atoms with Gasteiger partial charge in [-0.3, -0.25) is 15.3 Å². The fraction of sp³-hybridized carbons (Fsp3) is 0.105. The molecular formula is C19H16BrN3O5. The van der Waals surface area contributed by atoms with Crippen molar-refractivity contribution in [3.63, 3.8) is 0 Å². The Balaban J connectivity index is 2.16. The van der Waals surface area contributed by atoms with Crippen molar-refractivity contribution in [2.75, 3.05) is 5.32 Å². The van der Waals surface area contributed by atoms with Gasteiger partial charge in [0.15, 0.2) is 0 Å². The van der Waals surface area contributed by atoms with E-state index in [1.165, 1.54) is 17.6 Å². The number of nitrogens with one attached hydrogen (secondary N) is 2. The summed E-state index contributed by atoms with van der Waals surface area (Å²) < 4.78 is 6.07. The van der Waals surface area contributed by atoms with Gasteiger partial charge in [0.2, 0.25) is 0 Å². The summed E-state index contributed by atoms with van der Waals surface area (Å²) in [5.74, 6) is -0.821. The minimum atomic E-state index is -0.904. The largest absolute Gasteiger partial charge is 0.508 e. The first-order valence-corrected chi connectivity index (χ1v) is 8.79. The van der Waals surface area contributed by atoms with Crippen molar-refractivity contribution in [3.05, 3.63) is 70.2 Å². The summed E-state index contributed by atoms with van der Waals surface area (Å²) in [6.45, 7) is 0. The Morgan fingerprint density at radius 2 is 1.96 bits per heavy atom. The number of hydroxylamine groups is 1. The average Bonchev–Trinajstić information content (AvgIpc) is 2.69. The molecule has 0 aliphatic rings. The normalized spacial score (nSPS) is 11.5. The van der Waals surface area contributed by atoms with Gasteiger partial charge < -0.3 is 9.84 Å². The molecule has 0 bridgehead atoms. The fourth-order valence-electron chi connectivity index (χ4n) is 2.26. The van der Waals surface area contributed by atoms with Crippen molar-refractivity contribution in [3.8, 4) is 11.8 Å². The summed E-state index contributed by atoms with van der Waals surface area (Å²) in [5, 5.41) is 30.0. The van der Waals surface area contributed by atoms with Crippen molar-refractivity contribution in [1.29, 1.82) is 5.26 Å². The molecule has 0 heterocycles. The summed E-state index contributed by atoms with van der Waals surface area (Å²) in [4.78, 5) is 23.4. The highest BCUT2D eigenvalue weighted by atomic mass is 79.9. The van der Waals surface area contributed by atoms with Crippen LogP contribution in [0.15, 0.2) is 59.1 Å². The average molecular weight is 446 g/mol. The zero-order chi connectivity index (χ0) is 20.5. The lowest BCUT2D eigenvalue weighted by Crippen LogP contribution is -2.18. The van der Waals surface area contributed by atoms with Crippen LogP contribution in [0.1, 0.15) is 23.7 Å². The maximum atomic E-state index is 12.3. The van der Waals surface area contributed by atoms with Gasteiger partial charge in [-0.1, -0.05) is 22.0 Å². The van der Waals surface area contributed by atoms with E-state index < -0.39 is 18.1 Å². The van der Waals surface area contributed by atoms with E-state index >= 15 is 0 Å². The van der Waals surface area contributed by atoms with E-state index in [4.69, 9.17) is 15.2 Å². The highest BCUT2D eigenvalue weighted by Crippen LogP contribution is 2.32. The molecule has 8 nitrogen and oxygen atoms in total. The van der Waals surface area contributed by atoms with Crippen LogP contribution in [0.3, 0.4) is 0 Å². The fourth-order valence-corrected chi connectivity index (χ4v) is 2.64. The summed E-state index contributed by atoms with van der Waals surface area (Å²) in [5.41, 5.74) is 2.66. The molecular weight excluding hydrogens is 430 g/mol. The minimum absolute atomic E-state index is 0.0677. The number of halogens is 1. The van der Waals surface area contributed by atoms with Crippen LogP contribution in [0.25, 0.3) is 0 Å². The topological polar surface area (TPSA) is 132 Å². The Labute approximate surface area is 169 Å². The number of nitriles is 1. The van der Waals surface area contributed by atoms with Gasteiger partial charge in [0, 0.05) is 28.2 Å². The van der Waals surface area contributed by atoms with Crippen LogP contribution in [0.4, 0.5) is 10.5 Å². The lowest BCUT2D eigenvalue weighted by Gasteiger charge is -2.19. The third kappa shape index (κ3) is 6.12. The summed E-state index contributed by atoms with van der Waals surface area (Å²) in [7, 11) is 0. The molecule has 0 radical (unpaired) electrons. The number of carbonyl (C=O) groups is 2. The Morgan fingerprint density at radius 1 is 1.25 bits per heavy atom. The molecule has 9 heteroatoms. The number of carbonyl (C=O) groups excluding carboxylic acids is 2. The molecule has 2 aromatic rings. The number of rotatable bonds is 6. The summed E-state index contributed by atoms with van der Waals surface area (Å²) in [6, 6.07) is 12.8. The van der Waals surface area contributed by atoms with Crippen molar-refractivity contribution in [1.82, 2.24) is 5.48 Å². The number of aromatic hydroxyl groups is 1. The maximum Gasteiger partial charge on any atom is 0.412 e. The number of amides is 2. The molecule has 0 saturated heterocycles. The molecule has 0 aromatic heterocycles. The summed E-state index contributed by atoms with van der Waals surface area (Å²) in [6.07, 6.45) is 0.848. The quantitative estimate of drug-likeness (QED) is 0.304. The van der Waals surface area contributed by atoms with E-state index in [2.05, 4.69) is 21.2 Å². The summed E-state index contributed by atoms with van der Waals surface area (Å²) >= 11 is 3.29. The van der Waals surface area contributed by atoms with Gasteiger partial charge in [0.05, 0.1) is 11.6 Å². The number of phenolic OH excluding ortho intramolecular Hbond substituents is 1. The van der Waals surface area contributed by atoms with Crippen LogP contribution >= 0.6 is 15.9 Å². The molecule has 0 spiro atoms. The SMILES string of the molecule is N#Cc1ccc(NC(=O)O[C@H](C/C=C/C(=O)NO)c2cc(Br)ccc2O)cc1. The minimum Gasteiger partial charge on any atom is -0.508 e. The molecule has 28 heavy (non-hydrogen) atoms. The maximum absolute atomic E-state index is 12.3. The number of anilines is 1. The lowest BCUT2D eigenvalue weighted by atomic mass is 10.0. The van der Waals surface area contributed by atoms with Crippen LogP contribution in [0, 0.1) is 11.3 Å². The molecule has 0 aliphatic heterocycles. The number of hydrogen-bond donors (Lipinski definition) is 4. The second-order valence-corrected chi connectivity index (χ2v) is 6.44. The molecule has 1 atom stereocenters. The highest BCUT2D eigenvalue weighted by Gasteiger charge is 2.20. The second kappa shape index (κ2) is 10.1. The third-order valence-corrected chi connectivity index (χ3v) is 4.07. The van der Waals surface area contributed by atoms with E-state index in [0.717, 1.165) is 6.08 Å². The van der Waals surface area contributed by atoms with Gasteiger partial charge in [-0.2, -0.15) is 5.26 Å². The van der Waals surface area contributed by atoms with Crippen LogP contribution in [0.5, 0.6) is 5.75 Å². The molecule has 2 aromatic carbocycles. The third-order valence-electron chi connectivity index (χ3n) is 3.58. The van der Waals surface area contributed by atoms with E-state index in [0.29, 0.717) is 21.3 Å². The molecule has 0 fully saturated rings. The van der Waals surface area contributed by atoms with Crippen LogP contribution in [-0.2, 0) is 9.53 Å². The van der Waals surface area contributed by atoms with Gasteiger partial charge in [-0.25, -0.2) is 10.3 Å². The molecule has 144 valence electrons. The van der Waals surface area contributed by atoms with Crippen molar-refractivity contribution in [2.45, 2.75) is 12.5 Å². The van der Waals surface area contributed by atoms with Crippen LogP contribution in [0.2, 0.25) is 0 Å². The first-order valence-electron chi connectivity index (χ1n) is 7.99. The zero-order valence-electron chi connectivity index (χ0n) is 14.4. The van der Waals surface area contributed by atoms with Gasteiger partial charge >= 0.3 is 6.09 Å².